The van der Waals surface area contributed by atoms with E-state index in [1.54, 1.807) is 0 Å². The fraction of sp³-hybridized carbons (Fsp3) is 0.500. The van der Waals surface area contributed by atoms with Crippen LogP contribution in [-0.4, -0.2) is 18.5 Å². The van der Waals surface area contributed by atoms with E-state index in [2.05, 4.69) is 34.1 Å². The molecule has 3 heteroatoms. The van der Waals surface area contributed by atoms with Gasteiger partial charge in [-0.3, -0.25) is 0 Å². The van der Waals surface area contributed by atoms with Crippen LogP contribution >= 0.6 is 24.5 Å². The minimum absolute atomic E-state index is 0. The third-order valence-electron chi connectivity index (χ3n) is 2.92. The van der Waals surface area contributed by atoms with E-state index in [1.165, 1.54) is 0 Å². The van der Waals surface area contributed by atoms with Gasteiger partial charge in [0.05, 0.1) is 0 Å². The summed E-state index contributed by atoms with van der Waals surface area (Å²) in [5, 5.41) is 0.267. The van der Waals surface area contributed by atoms with Crippen molar-refractivity contribution in [2.45, 2.75) is 25.9 Å². The molecule has 0 aliphatic heterocycles. The van der Waals surface area contributed by atoms with Gasteiger partial charge in [-0.25, -0.2) is 0 Å². The van der Waals surface area contributed by atoms with Gasteiger partial charge in [-0.1, -0.05) is 0 Å². The molecule has 0 aliphatic carbocycles. The summed E-state index contributed by atoms with van der Waals surface area (Å²) in [5.74, 6) is 0.999. The second-order valence-electron chi connectivity index (χ2n) is 5.18. The van der Waals surface area contributed by atoms with Gasteiger partial charge in [0.15, 0.2) is 0 Å². The third kappa shape index (κ3) is 4.12. The van der Waals surface area contributed by atoms with Gasteiger partial charge in [0, 0.05) is 0 Å². The van der Waals surface area contributed by atoms with Crippen LogP contribution in [-0.2, 0) is 0 Å². The Balaban J connectivity index is 0.00000196. The Bertz CT molecular complexity index is 290. The second kappa shape index (κ2) is 5.32. The molecule has 1 rings (SSSR count). The van der Waals surface area contributed by atoms with Crippen molar-refractivity contribution in [2.24, 2.45) is 0 Å². The SMILES string of the molecule is Br.CC(C)(C)[PH](C)(C)Oc1ccccc1. The summed E-state index contributed by atoms with van der Waals surface area (Å²) in [6.45, 7) is 11.3. The number of halogens is 1. The average Bonchev–Trinajstić information content (AvgIpc) is 2.03. The molecule has 0 spiro atoms. The van der Waals surface area contributed by atoms with Gasteiger partial charge in [0.1, 0.15) is 0 Å². The molecule has 1 aromatic rings. The number of para-hydroxylation sites is 1. The normalized spacial score (nSPS) is 12.9. The molecule has 0 N–H and O–H groups in total. The van der Waals surface area contributed by atoms with Crippen LogP contribution in [0, 0.1) is 0 Å². The van der Waals surface area contributed by atoms with Crippen LogP contribution < -0.4 is 4.52 Å². The van der Waals surface area contributed by atoms with Crippen LogP contribution in [0.3, 0.4) is 0 Å². The van der Waals surface area contributed by atoms with E-state index < -0.39 is 7.49 Å². The Morgan fingerprint density at radius 3 is 1.87 bits per heavy atom. The average molecular weight is 293 g/mol. The molecule has 0 saturated carbocycles. The molecule has 0 atom stereocenters. The first-order valence-corrected chi connectivity index (χ1v) is 7.98. The summed E-state index contributed by atoms with van der Waals surface area (Å²) in [6, 6.07) is 10.1. The Morgan fingerprint density at radius 1 is 1.00 bits per heavy atom. The van der Waals surface area contributed by atoms with Gasteiger partial charge >= 0.3 is 87.4 Å². The van der Waals surface area contributed by atoms with Gasteiger partial charge < -0.3 is 0 Å². The fourth-order valence-corrected chi connectivity index (χ4v) is 1.97. The first kappa shape index (κ1) is 14.9. The summed E-state index contributed by atoms with van der Waals surface area (Å²) in [4.78, 5) is 0. The van der Waals surface area contributed by atoms with E-state index in [1.807, 2.05) is 30.3 Å². The number of hydrogen-bond acceptors (Lipinski definition) is 1. The Morgan fingerprint density at radius 2 is 1.47 bits per heavy atom. The third-order valence-corrected chi connectivity index (χ3v) is 7.28. The number of benzene rings is 1. The van der Waals surface area contributed by atoms with Gasteiger partial charge in [-0.15, -0.1) is 17.0 Å². The molecular formula is C12H22BrOP. The number of rotatable bonds is 2. The fourth-order valence-electron chi connectivity index (χ4n) is 0.936. The molecule has 0 aliphatic rings. The molecule has 0 bridgehead atoms. The van der Waals surface area contributed by atoms with Crippen molar-refractivity contribution in [2.75, 3.05) is 13.3 Å². The maximum atomic E-state index is 6.11. The molecule has 0 saturated heterocycles. The first-order valence-electron chi connectivity index (χ1n) is 5.07. The predicted molar refractivity (Wildman–Crippen MR) is 77.3 cm³/mol. The Hall–Kier alpha value is -0.0700. The number of hydrogen-bond donors (Lipinski definition) is 0. The van der Waals surface area contributed by atoms with Crippen LogP contribution in [0.4, 0.5) is 0 Å². The van der Waals surface area contributed by atoms with Gasteiger partial charge in [0.25, 0.3) is 0 Å². The zero-order valence-electron chi connectivity index (χ0n) is 10.2. The predicted octanol–water partition coefficient (Wildman–Crippen LogP) is 4.37. The Kier molecular flexibility index (Phi) is 5.29. The molecule has 1 aromatic carbocycles. The van der Waals surface area contributed by atoms with Crippen molar-refractivity contribution in [3.05, 3.63) is 30.3 Å². The summed E-state index contributed by atoms with van der Waals surface area (Å²) in [5.41, 5.74) is 0. The molecule has 0 amide bonds. The topological polar surface area (TPSA) is 9.23 Å². The van der Waals surface area contributed by atoms with Gasteiger partial charge in [0.2, 0.25) is 0 Å². The molecule has 0 heterocycles. The quantitative estimate of drug-likeness (QED) is 0.736. The molecule has 0 aromatic heterocycles. The summed E-state index contributed by atoms with van der Waals surface area (Å²) in [6.07, 6.45) is 0. The van der Waals surface area contributed by atoms with Crippen LogP contribution in [0.5, 0.6) is 5.75 Å². The summed E-state index contributed by atoms with van der Waals surface area (Å²) < 4.78 is 6.11. The maximum absolute atomic E-state index is 6.11. The van der Waals surface area contributed by atoms with E-state index in [4.69, 9.17) is 4.52 Å². The van der Waals surface area contributed by atoms with Crippen LogP contribution in [0.2, 0.25) is 0 Å². The minimum atomic E-state index is -1.65. The molecule has 0 unspecified atom stereocenters. The summed E-state index contributed by atoms with van der Waals surface area (Å²) >= 11 is 0. The first-order chi connectivity index (χ1) is 6.33. The van der Waals surface area contributed by atoms with E-state index in [0.29, 0.717) is 0 Å². The van der Waals surface area contributed by atoms with Crippen molar-refractivity contribution in [3.8, 4) is 5.75 Å². The van der Waals surface area contributed by atoms with E-state index in [0.717, 1.165) is 5.75 Å². The van der Waals surface area contributed by atoms with Crippen molar-refractivity contribution in [1.82, 2.24) is 0 Å². The van der Waals surface area contributed by atoms with E-state index in [9.17, 15) is 0 Å². The van der Waals surface area contributed by atoms with Crippen molar-refractivity contribution < 1.29 is 4.52 Å². The zero-order chi connectivity index (χ0) is 10.8. The second-order valence-corrected chi connectivity index (χ2v) is 9.90. The van der Waals surface area contributed by atoms with Crippen molar-refractivity contribution in [3.63, 3.8) is 0 Å². The molecule has 0 fully saturated rings. The van der Waals surface area contributed by atoms with Gasteiger partial charge in [-0.05, 0) is 0 Å². The molecule has 15 heavy (non-hydrogen) atoms. The van der Waals surface area contributed by atoms with E-state index in [-0.39, 0.29) is 22.1 Å². The van der Waals surface area contributed by atoms with Crippen molar-refractivity contribution in [1.29, 1.82) is 0 Å². The van der Waals surface area contributed by atoms with E-state index >= 15 is 0 Å². The van der Waals surface area contributed by atoms with Crippen molar-refractivity contribution >= 4 is 24.5 Å². The summed E-state index contributed by atoms with van der Waals surface area (Å²) in [7, 11) is -1.65. The molecule has 0 radical (unpaired) electrons. The standard InChI is InChI=1S/C12H21OP.BrH/c1-12(2,3)14(4,5)13-11-9-7-6-8-10-11;/h6-10,14H,1-5H3;1H. The molecule has 88 valence electrons. The molecule has 1 nitrogen and oxygen atoms in total. The van der Waals surface area contributed by atoms with Gasteiger partial charge in [-0.2, -0.15) is 0 Å². The Labute approximate surface area is 104 Å². The molecular weight excluding hydrogens is 271 g/mol. The van der Waals surface area contributed by atoms with Crippen LogP contribution in [0.15, 0.2) is 30.3 Å². The zero-order valence-corrected chi connectivity index (χ0v) is 12.9. The van der Waals surface area contributed by atoms with Crippen LogP contribution in [0.1, 0.15) is 20.8 Å². The van der Waals surface area contributed by atoms with Crippen LogP contribution in [0.25, 0.3) is 0 Å². The monoisotopic (exact) mass is 292 g/mol.